The molecule has 0 aromatic heterocycles. The molecule has 0 aromatic rings. The molecule has 4 rings (SSSR count). The Morgan fingerprint density at radius 1 is 1.12 bits per heavy atom. The Kier molecular flexibility index (Phi) is 4.25. The summed E-state index contributed by atoms with van der Waals surface area (Å²) in [5.41, 5.74) is 0.509. The van der Waals surface area contributed by atoms with Gasteiger partial charge >= 0.3 is 5.97 Å². The van der Waals surface area contributed by atoms with Gasteiger partial charge in [-0.25, -0.2) is 4.79 Å². The molecule has 0 aromatic carbocycles. The molecule has 1 aliphatic carbocycles. The predicted octanol–water partition coefficient (Wildman–Crippen LogP) is -1.15. The average molecular weight is 358 g/mol. The fraction of sp³-hybridized carbons (Fsp3) is 0.812. The third-order valence-electron chi connectivity index (χ3n) is 5.60. The van der Waals surface area contributed by atoms with Crippen LogP contribution in [-0.4, -0.2) is 71.7 Å². The van der Waals surface area contributed by atoms with Crippen molar-refractivity contribution >= 4 is 5.97 Å². The first-order valence-corrected chi connectivity index (χ1v) is 8.36. The molecule has 1 saturated carbocycles. The lowest BCUT2D eigenvalue weighted by Gasteiger charge is -2.42. The third kappa shape index (κ3) is 2.57. The Morgan fingerprint density at radius 3 is 2.56 bits per heavy atom. The number of aliphatic hydroxyl groups excluding tert-OH is 3. The summed E-state index contributed by atoms with van der Waals surface area (Å²) in [6.45, 7) is 2.02. The van der Waals surface area contributed by atoms with Crippen molar-refractivity contribution in [2.24, 2.45) is 17.8 Å². The maximum atomic E-state index is 11.9. The molecule has 9 heteroatoms. The second-order valence-corrected chi connectivity index (χ2v) is 7.05. The molecule has 3 fully saturated rings. The Balaban J connectivity index is 1.53. The van der Waals surface area contributed by atoms with Gasteiger partial charge in [-0.15, -0.1) is 0 Å². The number of ether oxygens (including phenoxy) is 5. The van der Waals surface area contributed by atoms with Gasteiger partial charge in [0.05, 0.1) is 11.8 Å². The van der Waals surface area contributed by atoms with Gasteiger partial charge in [-0.1, -0.05) is 6.92 Å². The van der Waals surface area contributed by atoms with E-state index in [9.17, 15) is 20.1 Å². The largest absolute Gasteiger partial charge is 0.472 e. The average Bonchev–Trinajstić information content (AvgIpc) is 3.08. The van der Waals surface area contributed by atoms with Crippen molar-refractivity contribution < 1.29 is 43.8 Å². The molecule has 0 spiro atoms. The summed E-state index contributed by atoms with van der Waals surface area (Å²) in [4.78, 5) is 11.9. The first-order chi connectivity index (χ1) is 11.9. The van der Waals surface area contributed by atoms with Crippen LogP contribution in [0.2, 0.25) is 0 Å². The highest BCUT2D eigenvalue weighted by Crippen LogP contribution is 2.52. The van der Waals surface area contributed by atoms with E-state index in [-0.39, 0.29) is 29.8 Å². The standard InChI is InChI=1S/C16H22O9/c1-5-3-7-9-6(13(20)23-7)4-22-14(8(5)9)24-16-12(19)10(17)11(18)15(21-2)25-16/h4-5,7-12,14-19H,3H2,1-2H3. The highest BCUT2D eigenvalue weighted by molar-refractivity contribution is 5.91. The number of hydrogen-bond acceptors (Lipinski definition) is 9. The molecule has 4 aliphatic rings. The molecule has 0 radical (unpaired) electrons. The van der Waals surface area contributed by atoms with Crippen LogP contribution in [0.5, 0.6) is 0 Å². The lowest BCUT2D eigenvalue weighted by Crippen LogP contribution is -2.59. The minimum Gasteiger partial charge on any atom is -0.472 e. The minimum atomic E-state index is -1.48. The molecule has 9 nitrogen and oxygen atoms in total. The van der Waals surface area contributed by atoms with Gasteiger partial charge < -0.3 is 39.0 Å². The molecule has 25 heavy (non-hydrogen) atoms. The first kappa shape index (κ1) is 17.2. The van der Waals surface area contributed by atoms with Crippen molar-refractivity contribution in [3.8, 4) is 0 Å². The summed E-state index contributed by atoms with van der Waals surface area (Å²) < 4.78 is 27.1. The third-order valence-corrected chi connectivity index (χ3v) is 5.60. The topological polar surface area (TPSA) is 124 Å². The number of rotatable bonds is 3. The zero-order valence-corrected chi connectivity index (χ0v) is 13.8. The van der Waals surface area contributed by atoms with Crippen LogP contribution >= 0.6 is 0 Å². The SMILES string of the molecule is COC1OC(OC2OC=C3C(=O)OC4CC(C)C2C34)C(O)C(O)C1O. The summed E-state index contributed by atoms with van der Waals surface area (Å²) in [5.74, 6) is -0.448. The number of carbonyl (C=O) groups excluding carboxylic acids is 1. The van der Waals surface area contributed by atoms with Gasteiger partial charge in [0.15, 0.2) is 12.6 Å². The summed E-state index contributed by atoms with van der Waals surface area (Å²) in [7, 11) is 1.31. The molecule has 0 amide bonds. The Hall–Kier alpha value is -1.23. The van der Waals surface area contributed by atoms with Crippen LogP contribution in [0.15, 0.2) is 11.8 Å². The van der Waals surface area contributed by atoms with E-state index in [4.69, 9.17) is 23.7 Å². The van der Waals surface area contributed by atoms with E-state index in [1.165, 1.54) is 13.4 Å². The van der Waals surface area contributed by atoms with Crippen molar-refractivity contribution in [3.05, 3.63) is 11.8 Å². The number of esters is 1. The monoisotopic (exact) mass is 358 g/mol. The molecule has 10 unspecified atom stereocenters. The Morgan fingerprint density at radius 2 is 1.84 bits per heavy atom. The van der Waals surface area contributed by atoms with Crippen molar-refractivity contribution in [2.75, 3.05) is 7.11 Å². The van der Waals surface area contributed by atoms with Gasteiger partial charge in [0.1, 0.15) is 24.4 Å². The predicted molar refractivity (Wildman–Crippen MR) is 78.4 cm³/mol. The molecular weight excluding hydrogens is 336 g/mol. The van der Waals surface area contributed by atoms with Crippen molar-refractivity contribution in [3.63, 3.8) is 0 Å². The summed E-state index contributed by atoms with van der Waals surface area (Å²) in [6, 6.07) is 0. The normalized spacial score (nSPS) is 51.6. The van der Waals surface area contributed by atoms with E-state index < -0.39 is 37.2 Å². The molecule has 3 heterocycles. The van der Waals surface area contributed by atoms with Crippen molar-refractivity contribution in [1.82, 2.24) is 0 Å². The number of hydrogen-bond donors (Lipinski definition) is 3. The van der Waals surface area contributed by atoms with E-state index in [0.29, 0.717) is 12.0 Å². The van der Waals surface area contributed by atoms with Crippen LogP contribution in [0.1, 0.15) is 13.3 Å². The van der Waals surface area contributed by atoms with Gasteiger partial charge in [0, 0.05) is 18.9 Å². The second-order valence-electron chi connectivity index (χ2n) is 7.05. The van der Waals surface area contributed by atoms with E-state index in [0.717, 1.165) is 0 Å². The molecule has 3 aliphatic heterocycles. The van der Waals surface area contributed by atoms with Crippen molar-refractivity contribution in [1.29, 1.82) is 0 Å². The van der Waals surface area contributed by atoms with E-state index >= 15 is 0 Å². The van der Waals surface area contributed by atoms with Gasteiger partial charge in [-0.3, -0.25) is 0 Å². The number of carbonyl (C=O) groups is 1. The first-order valence-electron chi connectivity index (χ1n) is 8.36. The molecule has 2 saturated heterocycles. The summed E-state index contributed by atoms with van der Waals surface area (Å²) in [5, 5.41) is 29.9. The maximum absolute atomic E-state index is 11.9. The fourth-order valence-corrected chi connectivity index (χ4v) is 4.32. The van der Waals surface area contributed by atoms with Gasteiger partial charge in [-0.2, -0.15) is 0 Å². The summed E-state index contributed by atoms with van der Waals surface area (Å²) in [6.07, 6.45) is -5.64. The van der Waals surface area contributed by atoms with Gasteiger partial charge in [0.25, 0.3) is 0 Å². The molecule has 140 valence electrons. The van der Waals surface area contributed by atoms with Crippen LogP contribution in [0, 0.1) is 17.8 Å². The van der Waals surface area contributed by atoms with Crippen LogP contribution in [0.3, 0.4) is 0 Å². The molecule has 10 atom stereocenters. The minimum absolute atomic E-state index is 0.115. The van der Waals surface area contributed by atoms with Crippen LogP contribution in [0.25, 0.3) is 0 Å². The molecular formula is C16H22O9. The fourth-order valence-electron chi connectivity index (χ4n) is 4.32. The van der Waals surface area contributed by atoms with E-state index in [1.807, 2.05) is 6.92 Å². The van der Waals surface area contributed by atoms with Crippen molar-refractivity contribution in [2.45, 2.75) is 56.6 Å². The smallest absolute Gasteiger partial charge is 0.337 e. The highest BCUT2D eigenvalue weighted by Gasteiger charge is 2.58. The lowest BCUT2D eigenvalue weighted by atomic mass is 9.84. The maximum Gasteiger partial charge on any atom is 0.337 e. The Bertz CT molecular complexity index is 576. The van der Waals surface area contributed by atoms with Crippen LogP contribution < -0.4 is 0 Å². The Labute approximate surface area is 144 Å². The molecule has 3 N–H and O–H groups in total. The highest BCUT2D eigenvalue weighted by atomic mass is 16.8. The zero-order valence-electron chi connectivity index (χ0n) is 13.8. The molecule has 0 bridgehead atoms. The second kappa shape index (κ2) is 6.19. The van der Waals surface area contributed by atoms with Gasteiger partial charge in [-0.05, 0) is 12.3 Å². The number of methoxy groups -OCH3 is 1. The van der Waals surface area contributed by atoms with Gasteiger partial charge in [0.2, 0.25) is 6.29 Å². The quantitative estimate of drug-likeness (QED) is 0.537. The van der Waals surface area contributed by atoms with Crippen LogP contribution in [-0.2, 0) is 28.5 Å². The lowest BCUT2D eigenvalue weighted by molar-refractivity contribution is -0.374. The van der Waals surface area contributed by atoms with E-state index in [2.05, 4.69) is 0 Å². The van der Waals surface area contributed by atoms with Crippen LogP contribution in [0.4, 0.5) is 0 Å². The zero-order chi connectivity index (χ0) is 17.9. The van der Waals surface area contributed by atoms with E-state index in [1.54, 1.807) is 0 Å². The summed E-state index contributed by atoms with van der Waals surface area (Å²) >= 11 is 0. The number of aliphatic hydroxyl groups is 3.